The van der Waals surface area contributed by atoms with Crippen molar-refractivity contribution in [2.24, 2.45) is 0 Å². The van der Waals surface area contributed by atoms with E-state index in [0.29, 0.717) is 0 Å². The minimum absolute atomic E-state index is 1.19. The zero-order chi connectivity index (χ0) is 6.24. The van der Waals surface area contributed by atoms with Gasteiger partial charge in [0.15, 0.2) is 0 Å². The van der Waals surface area contributed by atoms with Crippen molar-refractivity contribution in [3.8, 4) is 0 Å². The Kier molecular flexibility index (Phi) is 8.94. The minimum atomic E-state index is 1.19. The molecule has 1 saturated carbocycles. The molecule has 1 aliphatic carbocycles. The van der Waals surface area contributed by atoms with Gasteiger partial charge in [0.25, 0.3) is 0 Å². The van der Waals surface area contributed by atoms with Crippen LogP contribution in [-0.2, 0) is 16.3 Å². The summed E-state index contributed by atoms with van der Waals surface area (Å²) in [4.78, 5) is 0. The summed E-state index contributed by atoms with van der Waals surface area (Å²) >= 11 is 4.25. The Hall–Kier alpha value is 0.973. The fourth-order valence-corrected chi connectivity index (χ4v) is 0.760. The summed E-state index contributed by atoms with van der Waals surface area (Å²) in [6, 6.07) is 0. The van der Waals surface area contributed by atoms with E-state index in [4.69, 9.17) is 0 Å². The number of hydrogen-bond donors (Lipinski definition) is 0. The van der Waals surface area contributed by atoms with Crippen LogP contribution in [0.15, 0.2) is 0 Å². The molecule has 0 amide bonds. The van der Waals surface area contributed by atoms with E-state index in [1.807, 2.05) is 0 Å². The van der Waals surface area contributed by atoms with Gasteiger partial charge in [-0.2, -0.15) is 6.42 Å². The van der Waals surface area contributed by atoms with Crippen LogP contribution < -0.4 is 0 Å². The molecule has 8 heavy (non-hydrogen) atoms. The first-order valence-electron chi connectivity index (χ1n) is 2.90. The average molecular weight is 227 g/mol. The summed E-state index contributed by atoms with van der Waals surface area (Å²) in [6.45, 7) is 0. The molecular formula is C6H10BrZn+. The predicted octanol–water partition coefficient (Wildman–Crippen LogP) is 2.81. The third-order valence-electron chi connectivity index (χ3n) is 1.15. The Labute approximate surface area is 68.5 Å². The van der Waals surface area contributed by atoms with Crippen molar-refractivity contribution in [1.29, 1.82) is 0 Å². The van der Waals surface area contributed by atoms with Gasteiger partial charge in [-0.05, 0) is 12.8 Å². The second-order valence-corrected chi connectivity index (χ2v) is 1.74. The molecule has 0 unspecified atom stereocenters. The zero-order valence-corrected chi connectivity index (χ0v) is 9.62. The summed E-state index contributed by atoms with van der Waals surface area (Å²) in [5.74, 6) is 0. The molecule has 1 rings (SSSR count). The van der Waals surface area contributed by atoms with Gasteiger partial charge in [0.1, 0.15) is 0 Å². The maximum absolute atomic E-state index is 3.06. The Morgan fingerprint density at radius 3 is 2.38 bits per heavy atom. The topological polar surface area (TPSA) is 0 Å². The van der Waals surface area contributed by atoms with E-state index in [2.05, 4.69) is 26.5 Å². The average Bonchev–Trinajstić information content (AvgIpc) is 1.96. The van der Waals surface area contributed by atoms with Gasteiger partial charge in [-0.25, -0.2) is 0 Å². The Morgan fingerprint density at radius 2 is 2.25 bits per heavy atom. The molecule has 0 spiro atoms. The van der Waals surface area contributed by atoms with Gasteiger partial charge in [0.05, 0.1) is 6.42 Å². The Morgan fingerprint density at radius 1 is 1.50 bits per heavy atom. The molecule has 1 aliphatic rings. The SMILES string of the molecule is [CH+]1C[CH-]CCC1.[Zn+][Br]. The summed E-state index contributed by atoms with van der Waals surface area (Å²) in [7, 11) is 0. The van der Waals surface area contributed by atoms with Gasteiger partial charge in [-0.15, -0.1) is 0 Å². The van der Waals surface area contributed by atoms with E-state index in [1.165, 1.54) is 42.0 Å². The Bertz CT molecular complexity index is 24.0. The summed E-state index contributed by atoms with van der Waals surface area (Å²) in [5.41, 5.74) is 0. The molecule has 0 N–H and O–H groups in total. The van der Waals surface area contributed by atoms with Crippen molar-refractivity contribution < 1.29 is 16.3 Å². The van der Waals surface area contributed by atoms with E-state index in [0.717, 1.165) is 0 Å². The molecular weight excluding hydrogens is 217 g/mol. The van der Waals surface area contributed by atoms with Crippen molar-refractivity contribution in [3.63, 3.8) is 0 Å². The zero-order valence-electron chi connectivity index (χ0n) is 5.07. The van der Waals surface area contributed by atoms with Crippen molar-refractivity contribution in [1.82, 2.24) is 0 Å². The monoisotopic (exact) mass is 225 g/mol. The van der Waals surface area contributed by atoms with Gasteiger partial charge in [-0.1, -0.05) is 0 Å². The van der Waals surface area contributed by atoms with Crippen LogP contribution in [-0.4, -0.2) is 0 Å². The van der Waals surface area contributed by atoms with Crippen molar-refractivity contribution in [3.05, 3.63) is 12.8 Å². The molecule has 0 nitrogen and oxygen atoms in total. The number of hydrogen-bond acceptors (Lipinski definition) is 0. The Balaban J connectivity index is 0.000000222. The van der Waals surface area contributed by atoms with Crippen molar-refractivity contribution in [2.75, 3.05) is 0 Å². The summed E-state index contributed by atoms with van der Waals surface area (Å²) in [6.07, 6.45) is 10.0. The quantitative estimate of drug-likeness (QED) is 0.441. The van der Waals surface area contributed by atoms with Crippen LogP contribution in [0.5, 0.6) is 0 Å². The van der Waals surface area contributed by atoms with Crippen molar-refractivity contribution >= 4 is 13.6 Å². The molecule has 0 bridgehead atoms. The molecule has 0 aliphatic heterocycles. The van der Waals surface area contributed by atoms with Gasteiger partial charge < -0.3 is 0 Å². The normalized spacial score (nSPS) is 17.9. The number of rotatable bonds is 0. The molecule has 0 aromatic rings. The third kappa shape index (κ3) is 5.12. The van der Waals surface area contributed by atoms with E-state index in [1.54, 1.807) is 0 Å². The van der Waals surface area contributed by atoms with Crippen LogP contribution in [0, 0.1) is 12.8 Å². The van der Waals surface area contributed by atoms with Crippen molar-refractivity contribution in [2.45, 2.75) is 25.7 Å². The van der Waals surface area contributed by atoms with Crippen LogP contribution in [0.4, 0.5) is 0 Å². The molecule has 0 saturated heterocycles. The van der Waals surface area contributed by atoms with Gasteiger partial charge in [-0.3, -0.25) is 6.42 Å². The van der Waals surface area contributed by atoms with E-state index >= 15 is 0 Å². The fourth-order valence-electron chi connectivity index (χ4n) is 0.760. The van der Waals surface area contributed by atoms with Gasteiger partial charge in [0, 0.05) is 6.42 Å². The summed E-state index contributed by atoms with van der Waals surface area (Å²) in [5, 5.41) is 0. The van der Waals surface area contributed by atoms with E-state index in [-0.39, 0.29) is 0 Å². The summed E-state index contributed by atoms with van der Waals surface area (Å²) < 4.78 is 0. The molecule has 42 valence electrons. The molecule has 0 aromatic carbocycles. The van der Waals surface area contributed by atoms with Crippen LogP contribution in [0.2, 0.25) is 0 Å². The maximum atomic E-state index is 3.06. The number of halogens is 1. The second kappa shape index (κ2) is 7.97. The van der Waals surface area contributed by atoms with E-state index < -0.39 is 0 Å². The molecule has 1 fully saturated rings. The van der Waals surface area contributed by atoms with E-state index in [9.17, 15) is 0 Å². The molecule has 0 aromatic heterocycles. The molecule has 0 radical (unpaired) electrons. The predicted molar refractivity (Wildman–Crippen MR) is 36.0 cm³/mol. The first-order chi connectivity index (χ1) is 4.00. The fraction of sp³-hybridized carbons (Fsp3) is 0.667. The van der Waals surface area contributed by atoms with Gasteiger partial charge in [0.2, 0.25) is 0 Å². The molecule has 2 heteroatoms. The van der Waals surface area contributed by atoms with Crippen LogP contribution in [0.25, 0.3) is 0 Å². The standard InChI is InChI=1S/C6H10.BrH.Zn/c1-2-4-6-5-3-1;;/h1,4H,2-3,5-6H2;1H;/q;;+2/p-1. The van der Waals surface area contributed by atoms with Crippen LogP contribution in [0.3, 0.4) is 0 Å². The molecule has 0 atom stereocenters. The second-order valence-electron chi connectivity index (χ2n) is 1.74. The van der Waals surface area contributed by atoms with Crippen LogP contribution in [0.1, 0.15) is 25.7 Å². The van der Waals surface area contributed by atoms with Crippen LogP contribution >= 0.6 is 13.6 Å². The third-order valence-corrected chi connectivity index (χ3v) is 1.15. The first-order valence-corrected chi connectivity index (χ1v) is 9.85. The first kappa shape index (κ1) is 8.97. The molecule has 0 heterocycles. The van der Waals surface area contributed by atoms with Gasteiger partial charge >= 0.3 is 30.0 Å².